The Morgan fingerprint density at radius 2 is 1.94 bits per heavy atom. The van der Waals surface area contributed by atoms with E-state index >= 15 is 0 Å². The van der Waals surface area contributed by atoms with Gasteiger partial charge in [0.1, 0.15) is 0 Å². The molecule has 3 nitrogen and oxygen atoms in total. The monoisotopic (exact) mass is 228 g/mol. The maximum Gasteiger partial charge on any atom is 0.0595 e. The van der Waals surface area contributed by atoms with Gasteiger partial charge in [-0.3, -0.25) is 0 Å². The van der Waals surface area contributed by atoms with Crippen LogP contribution in [-0.4, -0.2) is 50.8 Å². The zero-order valence-corrected chi connectivity index (χ0v) is 11.0. The van der Waals surface area contributed by atoms with E-state index in [4.69, 9.17) is 4.74 Å². The molecule has 0 aromatic carbocycles. The molecule has 0 radical (unpaired) electrons. The molecule has 0 spiro atoms. The molecule has 1 N–H and O–H groups in total. The molecule has 0 unspecified atom stereocenters. The van der Waals surface area contributed by atoms with Crippen LogP contribution in [0.2, 0.25) is 0 Å². The molecule has 16 heavy (non-hydrogen) atoms. The average molecular weight is 228 g/mol. The van der Waals surface area contributed by atoms with Gasteiger partial charge in [-0.1, -0.05) is 13.3 Å². The summed E-state index contributed by atoms with van der Waals surface area (Å²) in [6.45, 7) is 8.19. The van der Waals surface area contributed by atoms with Crippen LogP contribution in [0.3, 0.4) is 0 Å². The lowest BCUT2D eigenvalue weighted by Crippen LogP contribution is -2.37. The Balaban J connectivity index is 1.90. The van der Waals surface area contributed by atoms with Crippen molar-refractivity contribution in [1.82, 2.24) is 10.2 Å². The summed E-state index contributed by atoms with van der Waals surface area (Å²) in [5.41, 5.74) is 0. The number of rotatable bonds is 8. The smallest absolute Gasteiger partial charge is 0.0595 e. The predicted molar refractivity (Wildman–Crippen MR) is 68.9 cm³/mol. The molecule has 0 saturated carbocycles. The average Bonchev–Trinajstić information content (AvgIpc) is 2.34. The second-order valence-electron chi connectivity index (χ2n) is 4.69. The molecule has 1 saturated heterocycles. The molecule has 0 aliphatic carbocycles. The molecule has 1 aliphatic rings. The zero-order valence-electron chi connectivity index (χ0n) is 11.0. The molecule has 0 aromatic rings. The number of unbranched alkanes of at least 4 members (excludes halogenated alkanes) is 2. The summed E-state index contributed by atoms with van der Waals surface area (Å²) in [5.74, 6) is 0. The van der Waals surface area contributed by atoms with Gasteiger partial charge >= 0.3 is 0 Å². The molecule has 1 fully saturated rings. The molecule has 1 aliphatic heterocycles. The van der Waals surface area contributed by atoms with Gasteiger partial charge in [-0.2, -0.15) is 0 Å². The van der Waals surface area contributed by atoms with Crippen LogP contribution in [-0.2, 0) is 4.74 Å². The van der Waals surface area contributed by atoms with Gasteiger partial charge in [-0.25, -0.2) is 0 Å². The van der Waals surface area contributed by atoms with E-state index in [2.05, 4.69) is 17.1 Å². The molecular weight excluding hydrogens is 200 g/mol. The molecule has 0 atom stereocenters. The first-order valence-electron chi connectivity index (χ1n) is 6.82. The van der Waals surface area contributed by atoms with Crippen LogP contribution < -0.4 is 5.32 Å². The van der Waals surface area contributed by atoms with Gasteiger partial charge in [0.2, 0.25) is 0 Å². The standard InChI is InChI=1S/C13H28N2O/c1-3-14-9-5-4-6-10-15-11-7-13(16-2)8-12-15/h13-14H,3-12H2,1-2H3. The molecule has 1 rings (SSSR count). The van der Waals surface area contributed by atoms with Crippen molar-refractivity contribution in [3.8, 4) is 0 Å². The fraction of sp³-hybridized carbons (Fsp3) is 1.00. The van der Waals surface area contributed by atoms with Crippen LogP contribution in [0.4, 0.5) is 0 Å². The van der Waals surface area contributed by atoms with Crippen molar-refractivity contribution in [3.63, 3.8) is 0 Å². The fourth-order valence-electron chi connectivity index (χ4n) is 2.31. The Morgan fingerprint density at radius 3 is 2.56 bits per heavy atom. The van der Waals surface area contributed by atoms with Gasteiger partial charge < -0.3 is 15.0 Å². The van der Waals surface area contributed by atoms with Crippen molar-refractivity contribution in [2.45, 2.75) is 45.1 Å². The van der Waals surface area contributed by atoms with Gasteiger partial charge in [0, 0.05) is 20.2 Å². The van der Waals surface area contributed by atoms with Crippen LogP contribution in [0, 0.1) is 0 Å². The fourth-order valence-corrected chi connectivity index (χ4v) is 2.31. The molecule has 1 heterocycles. The van der Waals surface area contributed by atoms with E-state index in [9.17, 15) is 0 Å². The second-order valence-corrected chi connectivity index (χ2v) is 4.69. The van der Waals surface area contributed by atoms with E-state index in [1.807, 2.05) is 7.11 Å². The van der Waals surface area contributed by atoms with Crippen LogP contribution in [0.25, 0.3) is 0 Å². The number of likely N-dealkylation sites (tertiary alicyclic amines) is 1. The van der Waals surface area contributed by atoms with Crippen molar-refractivity contribution in [2.24, 2.45) is 0 Å². The molecule has 0 amide bonds. The Kier molecular flexibility index (Phi) is 7.81. The summed E-state index contributed by atoms with van der Waals surface area (Å²) in [6.07, 6.45) is 6.98. The SMILES string of the molecule is CCNCCCCCN1CCC(OC)CC1. The molecular formula is C13H28N2O. The first-order chi connectivity index (χ1) is 7.86. The van der Waals surface area contributed by atoms with Crippen molar-refractivity contribution in [3.05, 3.63) is 0 Å². The summed E-state index contributed by atoms with van der Waals surface area (Å²) in [5, 5.41) is 3.37. The summed E-state index contributed by atoms with van der Waals surface area (Å²) < 4.78 is 5.37. The van der Waals surface area contributed by atoms with E-state index in [1.165, 1.54) is 58.3 Å². The van der Waals surface area contributed by atoms with Gasteiger partial charge in [-0.05, 0) is 45.3 Å². The maximum atomic E-state index is 5.37. The highest BCUT2D eigenvalue weighted by Gasteiger charge is 2.17. The highest BCUT2D eigenvalue weighted by Crippen LogP contribution is 2.13. The van der Waals surface area contributed by atoms with Gasteiger partial charge in [0.05, 0.1) is 6.10 Å². The van der Waals surface area contributed by atoms with E-state index in [-0.39, 0.29) is 0 Å². The number of hydrogen-bond acceptors (Lipinski definition) is 3. The lowest BCUT2D eigenvalue weighted by atomic mass is 10.1. The molecule has 0 bridgehead atoms. The second kappa shape index (κ2) is 8.97. The maximum absolute atomic E-state index is 5.37. The van der Waals surface area contributed by atoms with Crippen molar-refractivity contribution < 1.29 is 4.74 Å². The van der Waals surface area contributed by atoms with Crippen molar-refractivity contribution in [2.75, 3.05) is 39.8 Å². The normalized spacial score (nSPS) is 19.1. The quantitative estimate of drug-likeness (QED) is 0.642. The summed E-state index contributed by atoms with van der Waals surface area (Å²) in [4.78, 5) is 2.59. The highest BCUT2D eigenvalue weighted by molar-refractivity contribution is 4.71. The molecule has 0 aromatic heterocycles. The molecule has 3 heteroatoms. The summed E-state index contributed by atoms with van der Waals surface area (Å²) in [7, 11) is 1.83. The van der Waals surface area contributed by atoms with Crippen molar-refractivity contribution in [1.29, 1.82) is 0 Å². The number of methoxy groups -OCH3 is 1. The molecule has 96 valence electrons. The van der Waals surface area contributed by atoms with Gasteiger partial charge in [-0.15, -0.1) is 0 Å². The minimum absolute atomic E-state index is 0.519. The third kappa shape index (κ3) is 5.83. The summed E-state index contributed by atoms with van der Waals surface area (Å²) >= 11 is 0. The third-order valence-electron chi connectivity index (χ3n) is 3.45. The lowest BCUT2D eigenvalue weighted by molar-refractivity contribution is 0.0407. The Morgan fingerprint density at radius 1 is 1.19 bits per heavy atom. The number of ether oxygens (including phenoxy) is 1. The third-order valence-corrected chi connectivity index (χ3v) is 3.45. The highest BCUT2D eigenvalue weighted by atomic mass is 16.5. The minimum Gasteiger partial charge on any atom is -0.381 e. The van der Waals surface area contributed by atoms with E-state index in [1.54, 1.807) is 0 Å². The van der Waals surface area contributed by atoms with Crippen molar-refractivity contribution >= 4 is 0 Å². The number of nitrogens with zero attached hydrogens (tertiary/aromatic N) is 1. The predicted octanol–water partition coefficient (Wildman–Crippen LogP) is 1.88. The first kappa shape index (κ1) is 13.9. The van der Waals surface area contributed by atoms with E-state index in [0.717, 1.165) is 6.54 Å². The Bertz CT molecular complexity index is 156. The number of hydrogen-bond donors (Lipinski definition) is 1. The van der Waals surface area contributed by atoms with E-state index in [0.29, 0.717) is 6.10 Å². The van der Waals surface area contributed by atoms with Crippen LogP contribution in [0.15, 0.2) is 0 Å². The van der Waals surface area contributed by atoms with Gasteiger partial charge in [0.15, 0.2) is 0 Å². The summed E-state index contributed by atoms with van der Waals surface area (Å²) in [6, 6.07) is 0. The zero-order chi connectivity index (χ0) is 11.6. The Labute approximate surface area is 101 Å². The van der Waals surface area contributed by atoms with Crippen LogP contribution in [0.5, 0.6) is 0 Å². The van der Waals surface area contributed by atoms with E-state index < -0.39 is 0 Å². The first-order valence-corrected chi connectivity index (χ1v) is 6.82. The minimum atomic E-state index is 0.519. The topological polar surface area (TPSA) is 24.5 Å². The van der Waals surface area contributed by atoms with Crippen LogP contribution >= 0.6 is 0 Å². The van der Waals surface area contributed by atoms with Crippen LogP contribution in [0.1, 0.15) is 39.0 Å². The number of nitrogens with one attached hydrogen (secondary N) is 1. The number of piperidine rings is 1. The lowest BCUT2D eigenvalue weighted by Gasteiger charge is -2.31. The Hall–Kier alpha value is -0.120. The van der Waals surface area contributed by atoms with Gasteiger partial charge in [0.25, 0.3) is 0 Å². The largest absolute Gasteiger partial charge is 0.381 e.